The van der Waals surface area contributed by atoms with Gasteiger partial charge < -0.3 is 4.90 Å². The lowest BCUT2D eigenvalue weighted by Gasteiger charge is -2.30. The van der Waals surface area contributed by atoms with Gasteiger partial charge in [-0.3, -0.25) is 0 Å². The first-order chi connectivity index (χ1) is 7.90. The number of rotatable bonds is 1. The monoisotopic (exact) mass is 291 g/mol. The van der Waals surface area contributed by atoms with E-state index in [1.54, 1.807) is 0 Å². The first kappa shape index (κ1) is 10.2. The number of fused-ring (bicyclic) bond motifs is 2. The number of alkyl halides is 1. The first-order valence-electron chi connectivity index (χ1n) is 5.09. The van der Waals surface area contributed by atoms with E-state index >= 15 is 0 Å². The van der Waals surface area contributed by atoms with Gasteiger partial charge >= 0.3 is 0 Å². The second kappa shape index (κ2) is 4.15. The molecule has 80 valence electrons. The Morgan fingerprint density at radius 3 is 1.88 bits per heavy atom. The van der Waals surface area contributed by atoms with Gasteiger partial charge in [-0.15, -0.1) is 0 Å². The third kappa shape index (κ3) is 1.55. The summed E-state index contributed by atoms with van der Waals surface area (Å²) in [6, 6.07) is 17.0. The van der Waals surface area contributed by atoms with Gasteiger partial charge in [0.1, 0.15) is 0 Å². The third-order valence-corrected chi connectivity index (χ3v) is 4.28. The van der Waals surface area contributed by atoms with Crippen molar-refractivity contribution in [2.75, 3.05) is 10.4 Å². The highest BCUT2D eigenvalue weighted by atomic mass is 79.9. The fourth-order valence-corrected chi connectivity index (χ4v) is 3.55. The van der Waals surface area contributed by atoms with Gasteiger partial charge in [-0.25, -0.2) is 0 Å². The second-order valence-corrected chi connectivity index (χ2v) is 5.17. The SMILES string of the molecule is BrCN1c2ccccc2Sc2ccccc21. The van der Waals surface area contributed by atoms with Crippen LogP contribution in [0.2, 0.25) is 0 Å². The van der Waals surface area contributed by atoms with E-state index in [0.29, 0.717) is 0 Å². The molecule has 0 aliphatic carbocycles. The normalized spacial score (nSPS) is 13.2. The highest BCUT2D eigenvalue weighted by Crippen LogP contribution is 2.47. The molecule has 2 aromatic carbocycles. The highest BCUT2D eigenvalue weighted by Gasteiger charge is 2.21. The molecule has 0 saturated heterocycles. The quantitative estimate of drug-likeness (QED) is 0.556. The number of benzene rings is 2. The van der Waals surface area contributed by atoms with E-state index in [0.717, 1.165) is 5.45 Å². The average molecular weight is 292 g/mol. The molecule has 1 aliphatic rings. The highest BCUT2D eigenvalue weighted by molar-refractivity contribution is 9.09. The summed E-state index contributed by atoms with van der Waals surface area (Å²) in [7, 11) is 0. The zero-order valence-electron chi connectivity index (χ0n) is 8.56. The van der Waals surface area contributed by atoms with Crippen LogP contribution in [0.25, 0.3) is 0 Å². The van der Waals surface area contributed by atoms with Crippen molar-refractivity contribution in [3.8, 4) is 0 Å². The van der Waals surface area contributed by atoms with Gasteiger partial charge in [0.15, 0.2) is 0 Å². The van der Waals surface area contributed by atoms with Crippen LogP contribution >= 0.6 is 27.7 Å². The van der Waals surface area contributed by atoms with Crippen molar-refractivity contribution in [2.45, 2.75) is 9.79 Å². The average Bonchev–Trinajstić information content (AvgIpc) is 2.36. The van der Waals surface area contributed by atoms with Crippen molar-refractivity contribution in [1.82, 2.24) is 0 Å². The van der Waals surface area contributed by atoms with E-state index in [4.69, 9.17) is 0 Å². The first-order valence-corrected chi connectivity index (χ1v) is 7.03. The topological polar surface area (TPSA) is 3.24 Å². The molecule has 0 spiro atoms. The number of halogens is 1. The smallest absolute Gasteiger partial charge is 0.0785 e. The molecular formula is C13H10BrNS. The Morgan fingerprint density at radius 1 is 0.875 bits per heavy atom. The fourth-order valence-electron chi connectivity index (χ4n) is 1.91. The van der Waals surface area contributed by atoms with Gasteiger partial charge in [0.2, 0.25) is 0 Å². The van der Waals surface area contributed by atoms with Crippen molar-refractivity contribution in [3.05, 3.63) is 48.5 Å². The van der Waals surface area contributed by atoms with E-state index in [2.05, 4.69) is 69.4 Å². The summed E-state index contributed by atoms with van der Waals surface area (Å²) in [6.07, 6.45) is 0. The maximum absolute atomic E-state index is 3.57. The number of hydrogen-bond acceptors (Lipinski definition) is 2. The summed E-state index contributed by atoms with van der Waals surface area (Å²) in [5.74, 6) is 0. The molecule has 1 nitrogen and oxygen atoms in total. The molecule has 0 unspecified atom stereocenters. The van der Waals surface area contributed by atoms with Gasteiger partial charge in [-0.1, -0.05) is 52.0 Å². The summed E-state index contributed by atoms with van der Waals surface area (Å²) < 4.78 is 0. The molecule has 0 N–H and O–H groups in total. The van der Waals surface area contributed by atoms with Crippen LogP contribution in [0.1, 0.15) is 0 Å². The Labute approximate surface area is 108 Å². The van der Waals surface area contributed by atoms with Crippen molar-refractivity contribution in [2.24, 2.45) is 0 Å². The molecule has 2 aromatic rings. The Hall–Kier alpha value is -0.930. The summed E-state index contributed by atoms with van der Waals surface area (Å²) in [5.41, 5.74) is 3.38. The lowest BCUT2D eigenvalue weighted by atomic mass is 10.2. The van der Waals surface area contributed by atoms with Crippen LogP contribution in [-0.2, 0) is 0 Å². The molecule has 0 saturated carbocycles. The zero-order chi connectivity index (χ0) is 11.0. The predicted molar refractivity (Wildman–Crippen MR) is 72.9 cm³/mol. The van der Waals surface area contributed by atoms with Gasteiger partial charge in [0.25, 0.3) is 0 Å². The molecule has 0 aromatic heterocycles. The molecule has 0 fully saturated rings. The van der Waals surface area contributed by atoms with E-state index in [-0.39, 0.29) is 0 Å². The minimum Gasteiger partial charge on any atom is -0.329 e. The third-order valence-electron chi connectivity index (χ3n) is 2.65. The largest absolute Gasteiger partial charge is 0.329 e. The fraction of sp³-hybridized carbons (Fsp3) is 0.0769. The Kier molecular flexibility index (Phi) is 2.65. The molecule has 1 heterocycles. The molecule has 3 rings (SSSR count). The van der Waals surface area contributed by atoms with Crippen LogP contribution < -0.4 is 4.90 Å². The van der Waals surface area contributed by atoms with Gasteiger partial charge in [-0.2, -0.15) is 0 Å². The van der Waals surface area contributed by atoms with Gasteiger partial charge in [0, 0.05) is 9.79 Å². The van der Waals surface area contributed by atoms with Crippen LogP contribution in [0, 0.1) is 0 Å². The Balaban J connectivity index is 2.19. The summed E-state index contributed by atoms with van der Waals surface area (Å²) in [5, 5.41) is 0. The number of anilines is 2. The summed E-state index contributed by atoms with van der Waals surface area (Å²) >= 11 is 5.41. The molecule has 0 amide bonds. The van der Waals surface area contributed by atoms with Crippen molar-refractivity contribution >= 4 is 39.1 Å². The Morgan fingerprint density at radius 2 is 1.38 bits per heavy atom. The van der Waals surface area contributed by atoms with Crippen LogP contribution in [0.4, 0.5) is 11.4 Å². The maximum atomic E-state index is 3.57. The van der Waals surface area contributed by atoms with Crippen molar-refractivity contribution in [1.29, 1.82) is 0 Å². The lowest BCUT2D eigenvalue weighted by Crippen LogP contribution is -2.18. The molecule has 0 radical (unpaired) electrons. The van der Waals surface area contributed by atoms with Gasteiger partial charge in [-0.05, 0) is 24.3 Å². The molecular weight excluding hydrogens is 282 g/mol. The number of para-hydroxylation sites is 2. The minimum atomic E-state index is 0.821. The minimum absolute atomic E-state index is 0.821. The maximum Gasteiger partial charge on any atom is 0.0785 e. The van der Waals surface area contributed by atoms with E-state index in [1.807, 2.05) is 11.8 Å². The summed E-state index contributed by atoms with van der Waals surface area (Å²) in [6.45, 7) is 0. The number of hydrogen-bond donors (Lipinski definition) is 0. The van der Waals surface area contributed by atoms with Gasteiger partial charge in [0.05, 0.1) is 16.8 Å². The van der Waals surface area contributed by atoms with E-state index < -0.39 is 0 Å². The lowest BCUT2D eigenvalue weighted by molar-refractivity contribution is 1.09. The Bertz CT molecular complexity index is 481. The van der Waals surface area contributed by atoms with E-state index in [9.17, 15) is 0 Å². The van der Waals surface area contributed by atoms with Crippen LogP contribution in [0.5, 0.6) is 0 Å². The number of nitrogens with zero attached hydrogens (tertiary/aromatic N) is 1. The van der Waals surface area contributed by atoms with Crippen molar-refractivity contribution < 1.29 is 0 Å². The van der Waals surface area contributed by atoms with Crippen LogP contribution in [0.15, 0.2) is 58.3 Å². The zero-order valence-corrected chi connectivity index (χ0v) is 11.0. The van der Waals surface area contributed by atoms with Crippen LogP contribution in [0.3, 0.4) is 0 Å². The van der Waals surface area contributed by atoms with Crippen LogP contribution in [-0.4, -0.2) is 5.45 Å². The second-order valence-electron chi connectivity index (χ2n) is 3.59. The summed E-state index contributed by atoms with van der Waals surface area (Å²) in [4.78, 5) is 4.93. The molecule has 3 heteroatoms. The molecule has 1 aliphatic heterocycles. The van der Waals surface area contributed by atoms with E-state index in [1.165, 1.54) is 21.2 Å². The molecule has 16 heavy (non-hydrogen) atoms. The predicted octanol–water partition coefficient (Wildman–Crippen LogP) is 4.64. The van der Waals surface area contributed by atoms with Crippen molar-refractivity contribution in [3.63, 3.8) is 0 Å². The molecule has 0 atom stereocenters. The standard InChI is InChI=1S/C13H10BrNS/c14-9-15-10-5-1-3-7-12(10)16-13-8-4-2-6-11(13)15/h1-8H,9H2. The molecule has 0 bridgehead atoms.